The number of hydrogen-bond donors (Lipinski definition) is 2. The molecular formula is C18H31ClN4O3S. The van der Waals surface area contributed by atoms with Crippen molar-refractivity contribution in [1.82, 2.24) is 14.9 Å². The third kappa shape index (κ3) is 6.07. The van der Waals surface area contributed by atoms with Gasteiger partial charge in [0.25, 0.3) is 5.91 Å². The molecule has 154 valence electrons. The quantitative estimate of drug-likeness (QED) is 0.596. The highest BCUT2D eigenvalue weighted by atomic mass is 35.5. The topological polar surface area (TPSA) is 81.7 Å². The van der Waals surface area contributed by atoms with Gasteiger partial charge < -0.3 is 15.5 Å². The van der Waals surface area contributed by atoms with E-state index in [1.165, 1.54) is 20.2 Å². The van der Waals surface area contributed by atoms with Crippen LogP contribution in [-0.2, 0) is 10.0 Å². The molecule has 9 heteroatoms. The number of halogens is 1. The van der Waals surface area contributed by atoms with E-state index in [0.717, 1.165) is 48.9 Å². The van der Waals surface area contributed by atoms with Crippen LogP contribution in [0.2, 0.25) is 0 Å². The van der Waals surface area contributed by atoms with E-state index in [4.69, 9.17) is 0 Å². The molecule has 0 unspecified atom stereocenters. The van der Waals surface area contributed by atoms with Crippen LogP contribution in [-0.4, -0.2) is 65.4 Å². The molecule has 0 bridgehead atoms. The highest BCUT2D eigenvalue weighted by Gasteiger charge is 2.24. The van der Waals surface area contributed by atoms with Crippen molar-refractivity contribution in [3.8, 4) is 0 Å². The Morgan fingerprint density at radius 1 is 1.15 bits per heavy atom. The van der Waals surface area contributed by atoms with Gasteiger partial charge in [0, 0.05) is 46.0 Å². The first kappa shape index (κ1) is 23.7. The van der Waals surface area contributed by atoms with Crippen molar-refractivity contribution in [3.63, 3.8) is 0 Å². The molecule has 2 N–H and O–H groups in total. The highest BCUT2D eigenvalue weighted by molar-refractivity contribution is 7.89. The second-order valence-electron chi connectivity index (χ2n) is 6.67. The molecule has 0 atom stereocenters. The normalized spacial score (nSPS) is 14.3. The Balaban J connectivity index is 0.00000364. The Kier molecular flexibility index (Phi) is 9.52. The van der Waals surface area contributed by atoms with E-state index in [1.54, 1.807) is 12.1 Å². The first-order valence-corrected chi connectivity index (χ1v) is 10.6. The lowest BCUT2D eigenvalue weighted by molar-refractivity contribution is 0.0954. The maximum absolute atomic E-state index is 12.7. The summed E-state index contributed by atoms with van der Waals surface area (Å²) in [5.74, 6) is -0.235. The molecule has 1 aromatic carbocycles. The summed E-state index contributed by atoms with van der Waals surface area (Å²) >= 11 is 0. The van der Waals surface area contributed by atoms with Gasteiger partial charge in [-0.3, -0.25) is 4.79 Å². The summed E-state index contributed by atoms with van der Waals surface area (Å²) < 4.78 is 26.0. The van der Waals surface area contributed by atoms with Crippen LogP contribution in [0.4, 0.5) is 5.69 Å². The van der Waals surface area contributed by atoms with Crippen LogP contribution in [0.3, 0.4) is 0 Å². The molecule has 27 heavy (non-hydrogen) atoms. The van der Waals surface area contributed by atoms with Crippen LogP contribution in [0.1, 0.15) is 36.5 Å². The summed E-state index contributed by atoms with van der Waals surface area (Å²) in [6, 6.07) is 4.84. The number of carbonyl (C=O) groups excluding carboxylic acids is 1. The molecule has 0 aliphatic carbocycles. The maximum Gasteiger partial charge on any atom is 0.253 e. The minimum atomic E-state index is -3.58. The number of rotatable bonds is 9. The molecule has 1 aliphatic rings. The van der Waals surface area contributed by atoms with Crippen molar-refractivity contribution in [2.45, 2.75) is 31.1 Å². The van der Waals surface area contributed by atoms with Gasteiger partial charge >= 0.3 is 0 Å². The highest BCUT2D eigenvalue weighted by Crippen LogP contribution is 2.28. The van der Waals surface area contributed by atoms with Gasteiger partial charge in [-0.05, 0) is 44.0 Å². The fourth-order valence-electron chi connectivity index (χ4n) is 2.96. The Bertz CT molecular complexity index is 719. The molecule has 1 aliphatic heterocycles. The number of nitrogens with zero attached hydrogens (tertiary/aromatic N) is 2. The van der Waals surface area contributed by atoms with Gasteiger partial charge in [-0.1, -0.05) is 6.92 Å². The predicted molar refractivity (Wildman–Crippen MR) is 112 cm³/mol. The summed E-state index contributed by atoms with van der Waals surface area (Å²) in [4.78, 5) is 15.0. The fourth-order valence-corrected chi connectivity index (χ4v) is 3.89. The average molecular weight is 419 g/mol. The summed E-state index contributed by atoms with van der Waals surface area (Å²) in [5, 5.41) is 6.13. The molecular weight excluding hydrogens is 388 g/mol. The van der Waals surface area contributed by atoms with E-state index in [9.17, 15) is 13.2 Å². The Morgan fingerprint density at radius 2 is 1.81 bits per heavy atom. The van der Waals surface area contributed by atoms with Gasteiger partial charge in [0.1, 0.15) is 0 Å². The zero-order chi connectivity index (χ0) is 19.2. The lowest BCUT2D eigenvalue weighted by Crippen LogP contribution is -2.33. The SMILES string of the molecule is CCCNCCNC(=O)c1cc(S(=O)(=O)N(C)C)ccc1N1CCCC1.Cl. The molecule has 0 spiro atoms. The molecule has 2 rings (SSSR count). The lowest BCUT2D eigenvalue weighted by atomic mass is 10.1. The third-order valence-corrected chi connectivity index (χ3v) is 6.26. The van der Waals surface area contributed by atoms with Gasteiger partial charge in [0.15, 0.2) is 0 Å². The number of sulfonamides is 1. The zero-order valence-corrected chi connectivity index (χ0v) is 18.0. The van der Waals surface area contributed by atoms with Crippen molar-refractivity contribution in [1.29, 1.82) is 0 Å². The Hall–Kier alpha value is -1.35. The molecule has 1 saturated heterocycles. The molecule has 1 aromatic rings. The van der Waals surface area contributed by atoms with Gasteiger partial charge in [0.05, 0.1) is 10.5 Å². The Labute approximate surface area is 168 Å². The summed E-state index contributed by atoms with van der Waals surface area (Å²) in [6.07, 6.45) is 3.21. The molecule has 0 saturated carbocycles. The largest absolute Gasteiger partial charge is 0.371 e. The first-order chi connectivity index (χ1) is 12.4. The maximum atomic E-state index is 12.7. The van der Waals surface area contributed by atoms with Crippen LogP contribution >= 0.6 is 12.4 Å². The van der Waals surface area contributed by atoms with Crippen LogP contribution in [0.5, 0.6) is 0 Å². The van der Waals surface area contributed by atoms with E-state index >= 15 is 0 Å². The molecule has 0 aromatic heterocycles. The number of benzene rings is 1. The van der Waals surface area contributed by atoms with Crippen LogP contribution in [0.15, 0.2) is 23.1 Å². The number of carbonyl (C=O) groups is 1. The average Bonchev–Trinajstić information content (AvgIpc) is 3.15. The van der Waals surface area contributed by atoms with Crippen LogP contribution in [0, 0.1) is 0 Å². The monoisotopic (exact) mass is 418 g/mol. The second-order valence-corrected chi connectivity index (χ2v) is 8.82. The predicted octanol–water partition coefficient (Wildman–Crippen LogP) is 1.69. The minimum absolute atomic E-state index is 0. The minimum Gasteiger partial charge on any atom is -0.371 e. The lowest BCUT2D eigenvalue weighted by Gasteiger charge is -2.22. The van der Waals surface area contributed by atoms with E-state index in [2.05, 4.69) is 22.5 Å². The van der Waals surface area contributed by atoms with Crippen LogP contribution < -0.4 is 15.5 Å². The van der Waals surface area contributed by atoms with Crippen molar-refractivity contribution >= 4 is 34.0 Å². The van der Waals surface area contributed by atoms with Gasteiger partial charge in [-0.25, -0.2) is 12.7 Å². The number of amides is 1. The fraction of sp³-hybridized carbons (Fsp3) is 0.611. The summed E-state index contributed by atoms with van der Waals surface area (Å²) in [7, 11) is -0.605. The third-order valence-electron chi connectivity index (χ3n) is 4.45. The number of hydrogen-bond acceptors (Lipinski definition) is 5. The van der Waals surface area contributed by atoms with Crippen molar-refractivity contribution in [2.75, 3.05) is 51.7 Å². The van der Waals surface area contributed by atoms with Crippen molar-refractivity contribution in [3.05, 3.63) is 23.8 Å². The first-order valence-electron chi connectivity index (χ1n) is 9.18. The van der Waals surface area contributed by atoms with Crippen molar-refractivity contribution in [2.24, 2.45) is 0 Å². The van der Waals surface area contributed by atoms with Crippen LogP contribution in [0.25, 0.3) is 0 Å². The number of anilines is 1. The smallest absolute Gasteiger partial charge is 0.253 e. The van der Waals surface area contributed by atoms with Crippen molar-refractivity contribution < 1.29 is 13.2 Å². The van der Waals surface area contributed by atoms with Gasteiger partial charge in [0.2, 0.25) is 10.0 Å². The summed E-state index contributed by atoms with van der Waals surface area (Å²) in [6.45, 7) is 5.96. The summed E-state index contributed by atoms with van der Waals surface area (Å²) in [5.41, 5.74) is 1.23. The molecule has 1 amide bonds. The van der Waals surface area contributed by atoms with E-state index in [0.29, 0.717) is 18.7 Å². The second kappa shape index (κ2) is 10.8. The molecule has 0 radical (unpaired) electrons. The Morgan fingerprint density at radius 3 is 2.41 bits per heavy atom. The standard InChI is InChI=1S/C18H30N4O3S.ClH/c1-4-9-19-10-11-20-18(23)16-14-15(26(24,25)21(2)3)7-8-17(16)22-12-5-6-13-22;/h7-8,14,19H,4-6,9-13H2,1-3H3,(H,20,23);1H. The van der Waals surface area contributed by atoms with Gasteiger partial charge in [-0.2, -0.15) is 0 Å². The van der Waals surface area contributed by atoms with E-state index < -0.39 is 10.0 Å². The van der Waals surface area contributed by atoms with Gasteiger partial charge in [-0.15, -0.1) is 12.4 Å². The zero-order valence-electron chi connectivity index (χ0n) is 16.3. The van der Waals surface area contributed by atoms with E-state index in [1.807, 2.05) is 0 Å². The van der Waals surface area contributed by atoms with E-state index in [-0.39, 0.29) is 23.2 Å². The number of nitrogens with one attached hydrogen (secondary N) is 2. The molecule has 7 nitrogen and oxygen atoms in total. The molecule has 1 fully saturated rings. The molecule has 1 heterocycles.